The summed E-state index contributed by atoms with van der Waals surface area (Å²) in [7, 11) is 1.66. The number of carbonyl (C=O) groups excluding carboxylic acids is 1. The third kappa shape index (κ3) is 2.23. The fourth-order valence-electron chi connectivity index (χ4n) is 1.74. The highest BCUT2D eigenvalue weighted by Gasteiger charge is 2.28. The summed E-state index contributed by atoms with van der Waals surface area (Å²) >= 11 is 0. The summed E-state index contributed by atoms with van der Waals surface area (Å²) in [4.78, 5) is 13.6. The van der Waals surface area contributed by atoms with E-state index < -0.39 is 0 Å². The van der Waals surface area contributed by atoms with Gasteiger partial charge < -0.3 is 9.64 Å². The predicted molar refractivity (Wildman–Crippen MR) is 55.9 cm³/mol. The molecule has 1 saturated heterocycles. The Morgan fingerprint density at radius 2 is 2.43 bits per heavy atom. The van der Waals surface area contributed by atoms with Crippen molar-refractivity contribution in [3.63, 3.8) is 0 Å². The Kier molecular flexibility index (Phi) is 3.89. The Balaban J connectivity index is 2.61. The lowest BCUT2D eigenvalue weighted by molar-refractivity contribution is -0.128. The highest BCUT2D eigenvalue weighted by atomic mass is 16.5. The first kappa shape index (κ1) is 11.0. The summed E-state index contributed by atoms with van der Waals surface area (Å²) in [5.41, 5.74) is 0.466. The lowest BCUT2D eigenvalue weighted by Crippen LogP contribution is -2.38. The normalized spacial score (nSPS) is 20.9. The van der Waals surface area contributed by atoms with Gasteiger partial charge in [0.2, 0.25) is 0 Å². The maximum atomic E-state index is 11.8. The van der Waals surface area contributed by atoms with Crippen molar-refractivity contribution in [3.05, 3.63) is 24.8 Å². The fraction of sp³-hybridized carbons (Fsp3) is 0.545. The summed E-state index contributed by atoms with van der Waals surface area (Å²) in [5, 5.41) is 0. The van der Waals surface area contributed by atoms with E-state index in [1.165, 1.54) is 6.08 Å². The molecule has 0 radical (unpaired) electrons. The molecule has 1 rings (SSSR count). The van der Waals surface area contributed by atoms with Crippen LogP contribution in [0.25, 0.3) is 0 Å². The van der Waals surface area contributed by atoms with Crippen molar-refractivity contribution in [2.75, 3.05) is 20.3 Å². The first-order valence-electron chi connectivity index (χ1n) is 4.82. The van der Waals surface area contributed by atoms with Gasteiger partial charge in [-0.2, -0.15) is 0 Å². The van der Waals surface area contributed by atoms with Crippen molar-refractivity contribution in [2.45, 2.75) is 18.9 Å². The number of nitrogens with zero attached hydrogens (tertiary/aromatic N) is 1. The Morgan fingerprint density at radius 3 is 3.00 bits per heavy atom. The maximum Gasteiger partial charge on any atom is 0.253 e. The number of hydrogen-bond donors (Lipinski definition) is 0. The van der Waals surface area contributed by atoms with Gasteiger partial charge in [-0.05, 0) is 12.8 Å². The molecule has 0 aliphatic carbocycles. The summed E-state index contributed by atoms with van der Waals surface area (Å²) in [6.07, 6.45) is 3.57. The van der Waals surface area contributed by atoms with Crippen LogP contribution in [0.15, 0.2) is 24.8 Å². The summed E-state index contributed by atoms with van der Waals surface area (Å²) < 4.78 is 5.07. The van der Waals surface area contributed by atoms with Gasteiger partial charge in [0.15, 0.2) is 0 Å². The molecular weight excluding hydrogens is 178 g/mol. The van der Waals surface area contributed by atoms with Gasteiger partial charge in [0.05, 0.1) is 12.6 Å². The molecule has 1 heterocycles. The molecule has 1 fully saturated rings. The smallest absolute Gasteiger partial charge is 0.253 e. The van der Waals surface area contributed by atoms with Crippen LogP contribution in [-0.4, -0.2) is 37.1 Å². The van der Waals surface area contributed by atoms with Gasteiger partial charge in [0.1, 0.15) is 0 Å². The van der Waals surface area contributed by atoms with E-state index in [1.807, 2.05) is 4.90 Å². The molecule has 14 heavy (non-hydrogen) atoms. The van der Waals surface area contributed by atoms with Crippen molar-refractivity contribution in [1.29, 1.82) is 0 Å². The third-order valence-electron chi connectivity index (χ3n) is 2.52. The van der Waals surface area contributed by atoms with Gasteiger partial charge in [-0.25, -0.2) is 0 Å². The monoisotopic (exact) mass is 195 g/mol. The van der Waals surface area contributed by atoms with Gasteiger partial charge in [0, 0.05) is 19.2 Å². The Labute approximate surface area is 85.0 Å². The average Bonchev–Trinajstić information content (AvgIpc) is 2.64. The molecule has 1 aliphatic heterocycles. The second kappa shape index (κ2) is 4.96. The van der Waals surface area contributed by atoms with Crippen molar-refractivity contribution in [3.8, 4) is 0 Å². The predicted octanol–water partition coefficient (Wildman–Crippen LogP) is 1.37. The van der Waals surface area contributed by atoms with Crippen molar-refractivity contribution in [2.24, 2.45) is 0 Å². The molecule has 0 spiro atoms. The molecule has 3 heteroatoms. The summed E-state index contributed by atoms with van der Waals surface area (Å²) in [6.45, 7) is 8.62. The second-order valence-corrected chi connectivity index (χ2v) is 3.48. The van der Waals surface area contributed by atoms with E-state index in [2.05, 4.69) is 13.2 Å². The fourth-order valence-corrected chi connectivity index (χ4v) is 1.74. The van der Waals surface area contributed by atoms with Gasteiger partial charge in [-0.15, -0.1) is 0 Å². The van der Waals surface area contributed by atoms with E-state index in [9.17, 15) is 4.79 Å². The molecule has 0 aromatic rings. The third-order valence-corrected chi connectivity index (χ3v) is 2.52. The Bertz CT molecular complexity index is 248. The minimum absolute atomic E-state index is 0.0143. The Morgan fingerprint density at radius 1 is 1.71 bits per heavy atom. The second-order valence-electron chi connectivity index (χ2n) is 3.48. The molecule has 78 valence electrons. The standard InChI is InChI=1S/C11H17NO2/c1-4-9(2)11(13)12-7-5-6-10(12)8-14-3/h4,10H,1-2,5-8H2,3H3/t10-/m0/s1. The molecule has 1 aliphatic rings. The van der Waals surface area contributed by atoms with Crippen LogP contribution in [-0.2, 0) is 9.53 Å². The maximum absolute atomic E-state index is 11.8. The van der Waals surface area contributed by atoms with E-state index in [4.69, 9.17) is 4.74 Å². The van der Waals surface area contributed by atoms with Crippen molar-refractivity contribution in [1.82, 2.24) is 4.90 Å². The molecule has 0 saturated carbocycles. The Hall–Kier alpha value is -1.09. The molecule has 0 bridgehead atoms. The number of ether oxygens (including phenoxy) is 1. The van der Waals surface area contributed by atoms with Crippen LogP contribution in [0.1, 0.15) is 12.8 Å². The first-order chi connectivity index (χ1) is 6.70. The quantitative estimate of drug-likeness (QED) is 0.501. The zero-order chi connectivity index (χ0) is 10.6. The van der Waals surface area contributed by atoms with E-state index in [1.54, 1.807) is 7.11 Å². The van der Waals surface area contributed by atoms with Crippen LogP contribution < -0.4 is 0 Å². The first-order valence-corrected chi connectivity index (χ1v) is 4.82. The van der Waals surface area contributed by atoms with Gasteiger partial charge >= 0.3 is 0 Å². The van der Waals surface area contributed by atoms with Gasteiger partial charge in [-0.3, -0.25) is 4.79 Å². The van der Waals surface area contributed by atoms with Crippen molar-refractivity contribution < 1.29 is 9.53 Å². The molecule has 0 aromatic heterocycles. The molecule has 0 aromatic carbocycles. The van der Waals surface area contributed by atoms with Crippen LogP contribution in [0.3, 0.4) is 0 Å². The minimum Gasteiger partial charge on any atom is -0.383 e. The lowest BCUT2D eigenvalue weighted by Gasteiger charge is -2.24. The molecule has 1 atom stereocenters. The molecule has 1 amide bonds. The van der Waals surface area contributed by atoms with Crippen LogP contribution in [0, 0.1) is 0 Å². The van der Waals surface area contributed by atoms with Crippen molar-refractivity contribution >= 4 is 5.91 Å². The molecule has 3 nitrogen and oxygen atoms in total. The molecule has 0 N–H and O–H groups in total. The topological polar surface area (TPSA) is 29.5 Å². The van der Waals surface area contributed by atoms with Crippen LogP contribution in [0.4, 0.5) is 0 Å². The number of amides is 1. The van der Waals surface area contributed by atoms with Crippen LogP contribution in [0.2, 0.25) is 0 Å². The largest absolute Gasteiger partial charge is 0.383 e. The van der Waals surface area contributed by atoms with E-state index >= 15 is 0 Å². The van der Waals surface area contributed by atoms with Crippen LogP contribution in [0.5, 0.6) is 0 Å². The molecular formula is C11H17NO2. The average molecular weight is 195 g/mol. The van der Waals surface area contributed by atoms with Crippen LogP contribution >= 0.6 is 0 Å². The van der Waals surface area contributed by atoms with Gasteiger partial charge in [-0.1, -0.05) is 19.2 Å². The van der Waals surface area contributed by atoms with Gasteiger partial charge in [0.25, 0.3) is 5.91 Å². The zero-order valence-electron chi connectivity index (χ0n) is 8.66. The highest BCUT2D eigenvalue weighted by Crippen LogP contribution is 2.19. The molecule has 0 unspecified atom stereocenters. The number of rotatable bonds is 4. The van der Waals surface area contributed by atoms with E-state index in [0.717, 1.165) is 19.4 Å². The summed E-state index contributed by atoms with van der Waals surface area (Å²) in [5.74, 6) is -0.0143. The summed E-state index contributed by atoms with van der Waals surface area (Å²) in [6, 6.07) is 0.212. The minimum atomic E-state index is -0.0143. The lowest BCUT2D eigenvalue weighted by atomic mass is 10.2. The number of likely N-dealkylation sites (tertiary alicyclic amines) is 1. The van der Waals surface area contributed by atoms with E-state index in [0.29, 0.717) is 12.2 Å². The number of carbonyl (C=O) groups is 1. The highest BCUT2D eigenvalue weighted by molar-refractivity contribution is 5.95. The van der Waals surface area contributed by atoms with E-state index in [-0.39, 0.29) is 11.9 Å². The number of methoxy groups -OCH3 is 1. The zero-order valence-corrected chi connectivity index (χ0v) is 8.66. The number of hydrogen-bond acceptors (Lipinski definition) is 2. The SMILES string of the molecule is C=CC(=C)C(=O)N1CCC[C@H]1COC.